The molecule has 0 radical (unpaired) electrons. The van der Waals surface area contributed by atoms with Crippen molar-refractivity contribution >= 4 is 23.1 Å². The van der Waals surface area contributed by atoms with Gasteiger partial charge in [0.2, 0.25) is 0 Å². The molecule has 6 heteroatoms. The summed E-state index contributed by atoms with van der Waals surface area (Å²) in [5, 5.41) is 11.6. The van der Waals surface area contributed by atoms with Gasteiger partial charge in [0.25, 0.3) is 11.7 Å². The second-order valence-corrected chi connectivity index (χ2v) is 8.62. The van der Waals surface area contributed by atoms with Gasteiger partial charge in [0, 0.05) is 5.69 Å². The zero-order valence-electron chi connectivity index (χ0n) is 20.6. The van der Waals surface area contributed by atoms with Crippen molar-refractivity contribution in [2.24, 2.45) is 0 Å². The maximum atomic E-state index is 13.5. The predicted molar refractivity (Wildman–Crippen MR) is 136 cm³/mol. The van der Waals surface area contributed by atoms with Crippen LogP contribution in [0.2, 0.25) is 0 Å². The van der Waals surface area contributed by atoms with E-state index in [2.05, 4.69) is 0 Å². The van der Waals surface area contributed by atoms with Crippen LogP contribution in [-0.2, 0) is 9.59 Å². The molecule has 1 amide bonds. The van der Waals surface area contributed by atoms with Gasteiger partial charge in [0.15, 0.2) is 0 Å². The van der Waals surface area contributed by atoms with Gasteiger partial charge in [-0.15, -0.1) is 0 Å². The van der Waals surface area contributed by atoms with E-state index in [0.29, 0.717) is 34.9 Å². The number of para-hydroxylation sites is 1. The molecule has 180 valence electrons. The Labute approximate surface area is 205 Å². The lowest BCUT2D eigenvalue weighted by Crippen LogP contribution is -2.30. The van der Waals surface area contributed by atoms with E-state index >= 15 is 0 Å². The fourth-order valence-electron chi connectivity index (χ4n) is 4.72. The Morgan fingerprint density at radius 1 is 0.971 bits per heavy atom. The molecule has 4 rings (SSSR count). The average molecular weight is 472 g/mol. The molecule has 1 unspecified atom stereocenters. The number of carbonyl (C=O) groups excluding carboxylic acids is 2. The number of ether oxygens (including phenoxy) is 2. The molecule has 1 aliphatic heterocycles. The lowest BCUT2D eigenvalue weighted by molar-refractivity contribution is -0.132. The molecule has 0 aliphatic carbocycles. The first kappa shape index (κ1) is 24.1. The van der Waals surface area contributed by atoms with Gasteiger partial charge in [-0.25, -0.2) is 0 Å². The van der Waals surface area contributed by atoms with Gasteiger partial charge in [-0.2, -0.15) is 0 Å². The fraction of sp³-hybridized carbons (Fsp3) is 0.241. The van der Waals surface area contributed by atoms with Crippen LogP contribution in [0, 0.1) is 20.8 Å². The van der Waals surface area contributed by atoms with Crippen molar-refractivity contribution in [2.75, 3.05) is 18.6 Å². The molecule has 1 fully saturated rings. The third-order valence-corrected chi connectivity index (χ3v) is 6.18. The summed E-state index contributed by atoms with van der Waals surface area (Å²) < 4.78 is 11.3. The fourth-order valence-corrected chi connectivity index (χ4v) is 4.72. The van der Waals surface area contributed by atoms with E-state index in [1.807, 2.05) is 70.2 Å². The molecule has 1 N–H and O–H groups in total. The van der Waals surface area contributed by atoms with Gasteiger partial charge < -0.3 is 14.6 Å². The summed E-state index contributed by atoms with van der Waals surface area (Å²) in [7, 11) is 1.52. The molecule has 6 nitrogen and oxygen atoms in total. The van der Waals surface area contributed by atoms with Crippen LogP contribution in [-0.4, -0.2) is 30.5 Å². The second-order valence-electron chi connectivity index (χ2n) is 8.62. The number of amides is 1. The van der Waals surface area contributed by atoms with Crippen LogP contribution in [0.3, 0.4) is 0 Å². The van der Waals surface area contributed by atoms with E-state index in [0.717, 1.165) is 16.7 Å². The highest BCUT2D eigenvalue weighted by Crippen LogP contribution is 2.45. The van der Waals surface area contributed by atoms with Crippen molar-refractivity contribution in [3.63, 3.8) is 0 Å². The van der Waals surface area contributed by atoms with Gasteiger partial charge in [-0.1, -0.05) is 36.4 Å². The third kappa shape index (κ3) is 4.28. The van der Waals surface area contributed by atoms with E-state index in [1.54, 1.807) is 18.2 Å². The lowest BCUT2D eigenvalue weighted by Gasteiger charge is -2.27. The summed E-state index contributed by atoms with van der Waals surface area (Å²) in [4.78, 5) is 28.4. The Balaban J connectivity index is 2.02. The number of ketones is 1. The summed E-state index contributed by atoms with van der Waals surface area (Å²) >= 11 is 0. The molecular weight excluding hydrogens is 442 g/mol. The van der Waals surface area contributed by atoms with E-state index < -0.39 is 17.7 Å². The van der Waals surface area contributed by atoms with Crippen molar-refractivity contribution in [3.8, 4) is 11.5 Å². The molecular formula is C29H29NO5. The van der Waals surface area contributed by atoms with E-state index in [-0.39, 0.29) is 11.3 Å². The van der Waals surface area contributed by atoms with Gasteiger partial charge in [-0.05, 0) is 74.2 Å². The highest BCUT2D eigenvalue weighted by molar-refractivity contribution is 6.51. The van der Waals surface area contributed by atoms with Crippen LogP contribution >= 0.6 is 0 Å². The highest BCUT2D eigenvalue weighted by Gasteiger charge is 2.47. The third-order valence-electron chi connectivity index (χ3n) is 6.18. The van der Waals surface area contributed by atoms with Crippen LogP contribution in [0.25, 0.3) is 5.76 Å². The Morgan fingerprint density at radius 3 is 2.40 bits per heavy atom. The maximum absolute atomic E-state index is 13.5. The number of methoxy groups -OCH3 is 1. The zero-order chi connectivity index (χ0) is 25.3. The number of aliphatic hydroxyl groups is 1. The number of aryl methyl sites for hydroxylation is 3. The zero-order valence-corrected chi connectivity index (χ0v) is 20.6. The van der Waals surface area contributed by atoms with E-state index in [1.165, 1.54) is 12.0 Å². The molecule has 3 aromatic carbocycles. The van der Waals surface area contributed by atoms with Gasteiger partial charge in [0.1, 0.15) is 17.3 Å². The quantitative estimate of drug-likeness (QED) is 0.286. The van der Waals surface area contributed by atoms with Crippen molar-refractivity contribution in [3.05, 3.63) is 94.1 Å². The van der Waals surface area contributed by atoms with Crippen molar-refractivity contribution in [2.45, 2.75) is 33.7 Å². The second kappa shape index (κ2) is 9.66. The van der Waals surface area contributed by atoms with Crippen molar-refractivity contribution in [1.82, 2.24) is 0 Å². The lowest BCUT2D eigenvalue weighted by atomic mass is 9.93. The Bertz CT molecular complexity index is 1340. The highest BCUT2D eigenvalue weighted by atomic mass is 16.5. The van der Waals surface area contributed by atoms with Crippen LogP contribution < -0.4 is 14.4 Å². The number of hydrogen-bond acceptors (Lipinski definition) is 5. The minimum Gasteiger partial charge on any atom is -0.507 e. The van der Waals surface area contributed by atoms with Gasteiger partial charge >= 0.3 is 0 Å². The first-order valence-electron chi connectivity index (χ1n) is 11.5. The average Bonchev–Trinajstić information content (AvgIpc) is 3.09. The topological polar surface area (TPSA) is 76.1 Å². The first-order chi connectivity index (χ1) is 16.8. The van der Waals surface area contributed by atoms with Crippen molar-refractivity contribution in [1.29, 1.82) is 0 Å². The summed E-state index contributed by atoms with van der Waals surface area (Å²) in [6.07, 6.45) is 0. The summed E-state index contributed by atoms with van der Waals surface area (Å²) in [5.74, 6) is -0.647. The number of hydrogen-bond donors (Lipinski definition) is 1. The summed E-state index contributed by atoms with van der Waals surface area (Å²) in [5.41, 5.74) is 4.19. The maximum Gasteiger partial charge on any atom is 0.300 e. The Kier molecular flexibility index (Phi) is 6.65. The van der Waals surface area contributed by atoms with Crippen LogP contribution in [0.5, 0.6) is 11.5 Å². The van der Waals surface area contributed by atoms with Crippen LogP contribution in [0.15, 0.2) is 66.2 Å². The largest absolute Gasteiger partial charge is 0.507 e. The van der Waals surface area contributed by atoms with Crippen molar-refractivity contribution < 1.29 is 24.2 Å². The Morgan fingerprint density at radius 2 is 1.71 bits per heavy atom. The smallest absolute Gasteiger partial charge is 0.300 e. The summed E-state index contributed by atoms with van der Waals surface area (Å²) in [6.45, 7) is 8.02. The predicted octanol–water partition coefficient (Wildman–Crippen LogP) is 5.65. The van der Waals surface area contributed by atoms with E-state index in [9.17, 15) is 14.7 Å². The molecule has 1 heterocycles. The normalized spacial score (nSPS) is 17.1. The van der Waals surface area contributed by atoms with Crippen LogP contribution in [0.1, 0.15) is 40.8 Å². The summed E-state index contributed by atoms with van der Waals surface area (Å²) in [6, 6.07) is 17.5. The SMILES string of the molecule is CCOc1cccc(C2/C(=C(\O)c3cc(C)cc(C)c3OC)C(=O)C(=O)N2c2ccccc2C)c1. The standard InChI is InChI=1S/C29H29NO5/c1-6-35-21-12-9-11-20(16-21)25-24(26(31)22-15-17(2)14-19(4)28(22)34-5)27(32)29(33)30(25)23-13-8-7-10-18(23)3/h7-16,25,31H,6H2,1-5H3/b26-24+. The molecule has 35 heavy (non-hydrogen) atoms. The molecule has 1 saturated heterocycles. The molecule has 1 aliphatic rings. The number of nitrogens with zero attached hydrogens (tertiary/aromatic N) is 1. The molecule has 0 bridgehead atoms. The number of anilines is 1. The number of benzene rings is 3. The van der Waals surface area contributed by atoms with Gasteiger partial charge in [-0.3, -0.25) is 14.5 Å². The number of aliphatic hydroxyl groups excluding tert-OH is 1. The monoisotopic (exact) mass is 471 g/mol. The molecule has 3 aromatic rings. The minimum atomic E-state index is -0.845. The van der Waals surface area contributed by atoms with Crippen LogP contribution in [0.4, 0.5) is 5.69 Å². The Hall–Kier alpha value is -4.06. The first-order valence-corrected chi connectivity index (χ1v) is 11.5. The molecule has 0 saturated carbocycles. The molecule has 1 atom stereocenters. The van der Waals surface area contributed by atoms with Gasteiger partial charge in [0.05, 0.1) is 30.9 Å². The number of Topliss-reactive ketones (excluding diaryl/α,β-unsaturated/α-hetero) is 1. The number of rotatable bonds is 6. The molecule has 0 aromatic heterocycles. The molecule has 0 spiro atoms. The minimum absolute atomic E-state index is 0.00945. The van der Waals surface area contributed by atoms with E-state index in [4.69, 9.17) is 9.47 Å². The number of carbonyl (C=O) groups is 2.